The molecule has 0 radical (unpaired) electrons. The SMILES string of the molecule is CCCCN(N)c1ncc(-c2ccc(CN(CC)CC)cn2)c(N(N)[C@H]2CC[C@H](O)CC2)n1. The second kappa shape index (κ2) is 12.2. The number of nitrogens with zero attached hydrogens (tertiary/aromatic N) is 6. The van der Waals surface area contributed by atoms with E-state index in [0.717, 1.165) is 69.4 Å². The molecule has 0 bridgehead atoms. The minimum Gasteiger partial charge on any atom is -0.393 e. The molecule has 0 amide bonds. The highest BCUT2D eigenvalue weighted by atomic mass is 16.3. The zero-order valence-electron chi connectivity index (χ0n) is 20.3. The number of aromatic nitrogens is 3. The number of hydrogen-bond acceptors (Lipinski definition) is 9. The molecule has 2 aromatic rings. The van der Waals surface area contributed by atoms with E-state index in [9.17, 15) is 5.11 Å². The van der Waals surface area contributed by atoms with Crippen LogP contribution in [0.2, 0.25) is 0 Å². The highest BCUT2D eigenvalue weighted by molar-refractivity contribution is 5.73. The van der Waals surface area contributed by atoms with Crippen molar-refractivity contribution in [3.63, 3.8) is 0 Å². The Morgan fingerprint density at radius 1 is 1.00 bits per heavy atom. The third-order valence-corrected chi connectivity index (χ3v) is 6.47. The van der Waals surface area contributed by atoms with Gasteiger partial charge in [-0.05, 0) is 56.8 Å². The first kappa shape index (κ1) is 25.3. The van der Waals surface area contributed by atoms with Gasteiger partial charge in [0.05, 0.1) is 17.4 Å². The predicted molar refractivity (Wildman–Crippen MR) is 133 cm³/mol. The minimum atomic E-state index is -0.247. The van der Waals surface area contributed by atoms with Gasteiger partial charge < -0.3 is 5.11 Å². The fraction of sp³-hybridized carbons (Fsp3) is 0.625. The summed E-state index contributed by atoms with van der Waals surface area (Å²) >= 11 is 0. The van der Waals surface area contributed by atoms with Crippen LogP contribution in [-0.4, -0.2) is 56.7 Å². The van der Waals surface area contributed by atoms with Crippen molar-refractivity contribution < 1.29 is 5.11 Å². The maximum atomic E-state index is 9.91. The summed E-state index contributed by atoms with van der Waals surface area (Å²) in [6.45, 7) is 10.0. The second-order valence-electron chi connectivity index (χ2n) is 8.84. The third-order valence-electron chi connectivity index (χ3n) is 6.47. The average Bonchev–Trinajstić information content (AvgIpc) is 2.86. The van der Waals surface area contributed by atoms with Gasteiger partial charge in [0, 0.05) is 31.5 Å². The van der Waals surface area contributed by atoms with Gasteiger partial charge >= 0.3 is 0 Å². The molecule has 1 fully saturated rings. The number of hydrazine groups is 2. The lowest BCUT2D eigenvalue weighted by atomic mass is 9.92. The van der Waals surface area contributed by atoms with E-state index >= 15 is 0 Å². The third kappa shape index (κ3) is 6.60. The number of aliphatic hydroxyl groups is 1. The molecule has 1 aliphatic rings. The summed E-state index contributed by atoms with van der Waals surface area (Å²) in [6.07, 6.45) is 8.54. The molecule has 9 heteroatoms. The second-order valence-corrected chi connectivity index (χ2v) is 8.84. The van der Waals surface area contributed by atoms with Crippen LogP contribution in [0.15, 0.2) is 24.5 Å². The minimum absolute atomic E-state index is 0.0960. The highest BCUT2D eigenvalue weighted by Gasteiger charge is 2.27. The van der Waals surface area contributed by atoms with Crippen LogP contribution in [0, 0.1) is 0 Å². The van der Waals surface area contributed by atoms with E-state index in [-0.39, 0.29) is 12.1 Å². The number of rotatable bonds is 11. The molecule has 5 N–H and O–H groups in total. The number of pyridine rings is 1. The van der Waals surface area contributed by atoms with Crippen molar-refractivity contribution in [3.05, 3.63) is 30.1 Å². The van der Waals surface area contributed by atoms with E-state index in [2.05, 4.69) is 36.7 Å². The van der Waals surface area contributed by atoms with Gasteiger partial charge in [-0.25, -0.2) is 16.7 Å². The van der Waals surface area contributed by atoms with Gasteiger partial charge in [-0.1, -0.05) is 33.3 Å². The van der Waals surface area contributed by atoms with Crippen LogP contribution < -0.4 is 21.7 Å². The first-order chi connectivity index (χ1) is 16.0. The monoisotopic (exact) mass is 456 g/mol. The number of unbranched alkanes of at least 4 members (excludes halogenated alkanes) is 1. The Morgan fingerprint density at radius 3 is 2.33 bits per heavy atom. The maximum Gasteiger partial charge on any atom is 0.241 e. The van der Waals surface area contributed by atoms with E-state index < -0.39 is 0 Å². The zero-order valence-corrected chi connectivity index (χ0v) is 20.3. The Hall–Kier alpha value is -2.33. The molecular formula is C24H40N8O. The lowest BCUT2D eigenvalue weighted by Gasteiger charge is -2.34. The van der Waals surface area contributed by atoms with Gasteiger partial charge in [-0.3, -0.25) is 19.9 Å². The van der Waals surface area contributed by atoms with Gasteiger partial charge in [-0.2, -0.15) is 4.98 Å². The first-order valence-corrected chi connectivity index (χ1v) is 12.3. The molecule has 1 saturated carbocycles. The van der Waals surface area contributed by atoms with Crippen molar-refractivity contribution in [2.75, 3.05) is 29.7 Å². The molecule has 0 spiro atoms. The fourth-order valence-electron chi connectivity index (χ4n) is 4.20. The summed E-state index contributed by atoms with van der Waals surface area (Å²) in [4.78, 5) is 16.4. The van der Waals surface area contributed by atoms with Crippen molar-refractivity contribution in [1.82, 2.24) is 19.9 Å². The predicted octanol–water partition coefficient (Wildman–Crippen LogP) is 2.84. The Morgan fingerprint density at radius 2 is 1.73 bits per heavy atom. The van der Waals surface area contributed by atoms with Crippen LogP contribution in [0.25, 0.3) is 11.3 Å². The van der Waals surface area contributed by atoms with Crippen molar-refractivity contribution in [1.29, 1.82) is 0 Å². The van der Waals surface area contributed by atoms with Crippen molar-refractivity contribution in [2.24, 2.45) is 11.7 Å². The quantitative estimate of drug-likeness (QED) is 0.346. The Kier molecular flexibility index (Phi) is 9.37. The largest absolute Gasteiger partial charge is 0.393 e. The maximum absolute atomic E-state index is 9.91. The van der Waals surface area contributed by atoms with Crippen LogP contribution in [-0.2, 0) is 6.54 Å². The highest BCUT2D eigenvalue weighted by Crippen LogP contribution is 2.32. The van der Waals surface area contributed by atoms with Gasteiger partial charge in [0.15, 0.2) is 5.82 Å². The first-order valence-electron chi connectivity index (χ1n) is 12.3. The Balaban J connectivity index is 1.90. The van der Waals surface area contributed by atoms with E-state index in [0.29, 0.717) is 18.3 Å². The van der Waals surface area contributed by atoms with Gasteiger partial charge in [0.1, 0.15) is 0 Å². The summed E-state index contributed by atoms with van der Waals surface area (Å²) in [5.41, 5.74) is 2.73. The van der Waals surface area contributed by atoms with E-state index in [1.807, 2.05) is 12.3 Å². The molecule has 0 unspecified atom stereocenters. The number of aliphatic hydroxyl groups excluding tert-OH is 1. The van der Waals surface area contributed by atoms with Crippen LogP contribution in [0.5, 0.6) is 0 Å². The molecule has 182 valence electrons. The Labute approximate surface area is 197 Å². The number of anilines is 2. The molecule has 0 saturated heterocycles. The van der Waals surface area contributed by atoms with Crippen molar-refractivity contribution in [2.45, 2.75) is 78.0 Å². The van der Waals surface area contributed by atoms with Crippen LogP contribution >= 0.6 is 0 Å². The lowest BCUT2D eigenvalue weighted by Crippen LogP contribution is -2.45. The van der Waals surface area contributed by atoms with Crippen molar-refractivity contribution >= 4 is 11.8 Å². The number of hydrogen-bond donors (Lipinski definition) is 3. The molecule has 3 rings (SSSR count). The van der Waals surface area contributed by atoms with E-state index in [4.69, 9.17) is 21.7 Å². The Bertz CT molecular complexity index is 850. The molecule has 1 aliphatic carbocycles. The summed E-state index contributed by atoms with van der Waals surface area (Å²) in [5, 5.41) is 13.2. The molecule has 2 aromatic heterocycles. The van der Waals surface area contributed by atoms with Gasteiger partial charge in [0.25, 0.3) is 0 Å². The summed E-state index contributed by atoms with van der Waals surface area (Å²) in [6, 6.07) is 4.21. The smallest absolute Gasteiger partial charge is 0.241 e. The number of nitrogens with two attached hydrogens (primary N) is 2. The van der Waals surface area contributed by atoms with E-state index in [1.165, 1.54) is 5.56 Å². The molecule has 0 aliphatic heterocycles. The van der Waals surface area contributed by atoms with Crippen LogP contribution in [0.4, 0.5) is 11.8 Å². The summed E-state index contributed by atoms with van der Waals surface area (Å²) in [7, 11) is 0. The zero-order chi connectivity index (χ0) is 23.8. The molecule has 0 aromatic carbocycles. The molecular weight excluding hydrogens is 416 g/mol. The normalized spacial score (nSPS) is 18.5. The molecule has 0 atom stereocenters. The summed E-state index contributed by atoms with van der Waals surface area (Å²) in [5.74, 6) is 13.9. The molecule has 33 heavy (non-hydrogen) atoms. The molecule has 9 nitrogen and oxygen atoms in total. The average molecular weight is 457 g/mol. The van der Waals surface area contributed by atoms with Gasteiger partial charge in [0.2, 0.25) is 5.95 Å². The van der Waals surface area contributed by atoms with Crippen molar-refractivity contribution in [3.8, 4) is 11.3 Å². The fourth-order valence-corrected chi connectivity index (χ4v) is 4.20. The lowest BCUT2D eigenvalue weighted by molar-refractivity contribution is 0.121. The topological polar surface area (TPSA) is 121 Å². The molecule has 2 heterocycles. The van der Waals surface area contributed by atoms with Gasteiger partial charge in [-0.15, -0.1) is 0 Å². The summed E-state index contributed by atoms with van der Waals surface area (Å²) < 4.78 is 0. The van der Waals surface area contributed by atoms with E-state index in [1.54, 1.807) is 16.2 Å². The van der Waals surface area contributed by atoms with Crippen LogP contribution in [0.3, 0.4) is 0 Å². The van der Waals surface area contributed by atoms with Crippen LogP contribution in [0.1, 0.15) is 64.9 Å². The standard InChI is InChI=1S/C24H40N8O/c1-4-7-14-31(25)24-28-16-21(22-13-8-18(15-27-22)17-30(5-2)6-3)23(29-24)32(26)19-9-11-20(33)12-10-19/h8,13,15-16,19-20,33H,4-7,9-12,14,17,25-26H2,1-3H3/t19-,20-.